The van der Waals surface area contributed by atoms with Gasteiger partial charge in [-0.2, -0.15) is 0 Å². The van der Waals surface area contributed by atoms with Crippen molar-refractivity contribution in [2.75, 3.05) is 24.7 Å². The highest BCUT2D eigenvalue weighted by atomic mass is 32.2. The topological polar surface area (TPSA) is 64.1 Å². The van der Waals surface area contributed by atoms with E-state index in [1.54, 1.807) is 12.4 Å². The summed E-state index contributed by atoms with van der Waals surface area (Å²) < 4.78 is 4.55. The van der Waals surface area contributed by atoms with Crippen LogP contribution in [0.15, 0.2) is 17.4 Å². The predicted octanol–water partition coefficient (Wildman–Crippen LogP) is 1.56. The number of methoxy groups -OCH3 is 1. The van der Waals surface area contributed by atoms with Gasteiger partial charge >= 0.3 is 5.97 Å². The molecular formula is C10H15N3O2S. The van der Waals surface area contributed by atoms with Crippen LogP contribution in [0.3, 0.4) is 0 Å². The molecular weight excluding hydrogens is 226 g/mol. The molecule has 0 aromatic carbocycles. The predicted molar refractivity (Wildman–Crippen MR) is 63.6 cm³/mol. The van der Waals surface area contributed by atoms with Gasteiger partial charge < -0.3 is 10.1 Å². The Balaban J connectivity index is 2.41. The molecule has 0 unspecified atom stereocenters. The van der Waals surface area contributed by atoms with E-state index < -0.39 is 0 Å². The minimum absolute atomic E-state index is 0.205. The average molecular weight is 241 g/mol. The van der Waals surface area contributed by atoms with E-state index in [2.05, 4.69) is 20.0 Å². The maximum Gasteiger partial charge on any atom is 0.306 e. The highest BCUT2D eigenvalue weighted by Gasteiger charge is 2.02. The minimum Gasteiger partial charge on any atom is -0.469 e. The molecule has 88 valence electrons. The van der Waals surface area contributed by atoms with E-state index in [1.165, 1.54) is 18.9 Å². The first kappa shape index (κ1) is 12.8. The lowest BCUT2D eigenvalue weighted by molar-refractivity contribution is -0.140. The average Bonchev–Trinajstić information content (AvgIpc) is 2.30. The number of esters is 1. The van der Waals surface area contributed by atoms with Gasteiger partial charge in [-0.05, 0) is 6.92 Å². The molecule has 1 heterocycles. The third-order valence-electron chi connectivity index (χ3n) is 1.75. The lowest BCUT2D eigenvalue weighted by Gasteiger charge is -2.03. The van der Waals surface area contributed by atoms with Crippen molar-refractivity contribution in [2.45, 2.75) is 18.4 Å². The summed E-state index contributed by atoms with van der Waals surface area (Å²) in [5.41, 5.74) is 0. The number of nitrogens with one attached hydrogen (secondary N) is 1. The zero-order valence-corrected chi connectivity index (χ0v) is 10.2. The zero-order valence-electron chi connectivity index (χ0n) is 9.40. The second-order valence-corrected chi connectivity index (χ2v) is 4.06. The smallest absolute Gasteiger partial charge is 0.306 e. The number of nitrogens with zero attached hydrogens (tertiary/aromatic N) is 2. The molecule has 0 radical (unpaired) electrons. The highest BCUT2D eigenvalue weighted by molar-refractivity contribution is 7.99. The molecule has 0 fully saturated rings. The lowest BCUT2D eigenvalue weighted by atomic mass is 10.5. The lowest BCUT2D eigenvalue weighted by Crippen LogP contribution is -2.02. The summed E-state index contributed by atoms with van der Waals surface area (Å²) in [6.07, 6.45) is 3.74. The summed E-state index contributed by atoms with van der Waals surface area (Å²) in [6.45, 7) is 2.81. The molecule has 0 atom stereocenters. The third-order valence-corrected chi connectivity index (χ3v) is 2.65. The van der Waals surface area contributed by atoms with Crippen LogP contribution in [-0.2, 0) is 9.53 Å². The molecule has 16 heavy (non-hydrogen) atoms. The number of aromatic nitrogens is 2. The molecule has 0 saturated carbocycles. The summed E-state index contributed by atoms with van der Waals surface area (Å²) in [4.78, 5) is 19.3. The number of hydrogen-bond acceptors (Lipinski definition) is 6. The van der Waals surface area contributed by atoms with Gasteiger partial charge in [0.2, 0.25) is 0 Å². The molecule has 0 aliphatic heterocycles. The van der Waals surface area contributed by atoms with Crippen LogP contribution in [0.4, 0.5) is 5.82 Å². The van der Waals surface area contributed by atoms with Crippen molar-refractivity contribution in [1.29, 1.82) is 0 Å². The SMILES string of the molecule is CCNc1cncc(SCCC(=O)OC)n1. The van der Waals surface area contributed by atoms with E-state index in [9.17, 15) is 4.79 Å². The van der Waals surface area contributed by atoms with Crippen LogP contribution in [-0.4, -0.2) is 35.3 Å². The third kappa shape index (κ3) is 4.48. The summed E-state index contributed by atoms with van der Waals surface area (Å²) in [5.74, 6) is 1.20. The van der Waals surface area contributed by atoms with Gasteiger partial charge in [0, 0.05) is 12.3 Å². The van der Waals surface area contributed by atoms with Crippen LogP contribution in [0.1, 0.15) is 13.3 Å². The van der Waals surface area contributed by atoms with E-state index in [0.29, 0.717) is 12.2 Å². The second-order valence-electron chi connectivity index (χ2n) is 2.95. The first-order chi connectivity index (χ1) is 7.76. The maximum atomic E-state index is 10.9. The molecule has 0 saturated heterocycles. The number of carbonyl (C=O) groups excluding carboxylic acids is 1. The quantitative estimate of drug-likeness (QED) is 0.602. The van der Waals surface area contributed by atoms with Crippen molar-refractivity contribution < 1.29 is 9.53 Å². The fourth-order valence-electron chi connectivity index (χ4n) is 1.02. The molecule has 1 aromatic heterocycles. The van der Waals surface area contributed by atoms with Gasteiger partial charge in [-0.3, -0.25) is 9.78 Å². The second kappa shape index (κ2) is 7.05. The molecule has 6 heteroatoms. The van der Waals surface area contributed by atoms with Crippen molar-refractivity contribution in [3.8, 4) is 0 Å². The zero-order chi connectivity index (χ0) is 11.8. The van der Waals surface area contributed by atoms with Gasteiger partial charge in [0.1, 0.15) is 10.8 Å². The Hall–Kier alpha value is -1.30. The number of hydrogen-bond donors (Lipinski definition) is 1. The van der Waals surface area contributed by atoms with Crippen molar-refractivity contribution in [2.24, 2.45) is 0 Å². The summed E-state index contributed by atoms with van der Waals surface area (Å²) in [7, 11) is 1.39. The fourth-order valence-corrected chi connectivity index (χ4v) is 1.80. The van der Waals surface area contributed by atoms with Gasteiger partial charge in [0.25, 0.3) is 0 Å². The molecule has 0 amide bonds. The molecule has 0 aliphatic rings. The van der Waals surface area contributed by atoms with E-state index in [-0.39, 0.29) is 5.97 Å². The van der Waals surface area contributed by atoms with E-state index in [0.717, 1.165) is 17.4 Å². The summed E-state index contributed by atoms with van der Waals surface area (Å²) in [6, 6.07) is 0. The Morgan fingerprint density at radius 2 is 2.38 bits per heavy atom. The number of thioether (sulfide) groups is 1. The molecule has 0 bridgehead atoms. The van der Waals surface area contributed by atoms with E-state index in [4.69, 9.17) is 0 Å². The standard InChI is InChI=1S/C10H15N3O2S/c1-3-12-8-6-11-7-9(13-8)16-5-4-10(14)15-2/h6-7H,3-5H2,1-2H3,(H,12,13). The number of carbonyl (C=O) groups is 1. The minimum atomic E-state index is -0.205. The molecule has 1 rings (SSSR count). The molecule has 5 nitrogen and oxygen atoms in total. The highest BCUT2D eigenvalue weighted by Crippen LogP contribution is 2.16. The van der Waals surface area contributed by atoms with Crippen LogP contribution in [0.5, 0.6) is 0 Å². The summed E-state index contributed by atoms with van der Waals surface area (Å²) in [5, 5.41) is 3.89. The van der Waals surface area contributed by atoms with Gasteiger partial charge in [0.15, 0.2) is 0 Å². The van der Waals surface area contributed by atoms with E-state index in [1.807, 2.05) is 6.92 Å². The Morgan fingerprint density at radius 3 is 3.06 bits per heavy atom. The van der Waals surface area contributed by atoms with Gasteiger partial charge in [0.05, 0.1) is 25.9 Å². The Kier molecular flexibility index (Phi) is 5.63. The van der Waals surface area contributed by atoms with Crippen LogP contribution in [0.2, 0.25) is 0 Å². The van der Waals surface area contributed by atoms with E-state index >= 15 is 0 Å². The Morgan fingerprint density at radius 1 is 1.56 bits per heavy atom. The Labute approximate surface area is 99.0 Å². The first-order valence-corrected chi connectivity index (χ1v) is 6.00. The normalized spacial score (nSPS) is 9.88. The van der Waals surface area contributed by atoms with Gasteiger partial charge in [-0.25, -0.2) is 4.98 Å². The first-order valence-electron chi connectivity index (χ1n) is 5.01. The maximum absolute atomic E-state index is 10.9. The van der Waals surface area contributed by atoms with Crippen molar-refractivity contribution >= 4 is 23.5 Å². The molecule has 0 spiro atoms. The van der Waals surface area contributed by atoms with Crippen LogP contribution in [0.25, 0.3) is 0 Å². The van der Waals surface area contributed by atoms with Crippen molar-refractivity contribution in [3.63, 3.8) is 0 Å². The monoisotopic (exact) mass is 241 g/mol. The van der Waals surface area contributed by atoms with Crippen molar-refractivity contribution in [3.05, 3.63) is 12.4 Å². The number of anilines is 1. The van der Waals surface area contributed by atoms with Crippen molar-refractivity contribution in [1.82, 2.24) is 9.97 Å². The van der Waals surface area contributed by atoms with Gasteiger partial charge in [-0.1, -0.05) is 0 Å². The van der Waals surface area contributed by atoms with Crippen LogP contribution in [0, 0.1) is 0 Å². The van der Waals surface area contributed by atoms with Crippen LogP contribution >= 0.6 is 11.8 Å². The number of ether oxygens (including phenoxy) is 1. The fraction of sp³-hybridized carbons (Fsp3) is 0.500. The number of rotatable bonds is 6. The molecule has 1 N–H and O–H groups in total. The molecule has 1 aromatic rings. The summed E-state index contributed by atoms with van der Waals surface area (Å²) >= 11 is 1.49. The van der Waals surface area contributed by atoms with Crippen LogP contribution < -0.4 is 5.32 Å². The largest absolute Gasteiger partial charge is 0.469 e. The van der Waals surface area contributed by atoms with Gasteiger partial charge in [-0.15, -0.1) is 11.8 Å². The molecule has 0 aliphatic carbocycles. The Bertz CT molecular complexity index is 347.